The van der Waals surface area contributed by atoms with Crippen LogP contribution in [0.2, 0.25) is 10.0 Å². The van der Waals surface area contributed by atoms with Gasteiger partial charge >= 0.3 is 0 Å². The molecule has 0 aliphatic rings. The van der Waals surface area contributed by atoms with Crippen LogP contribution in [-0.2, 0) is 26.2 Å². The van der Waals surface area contributed by atoms with Crippen molar-refractivity contribution in [3.63, 3.8) is 0 Å². The largest absolute Gasteiger partial charge is 0.352 e. The Morgan fingerprint density at radius 1 is 1.06 bits per heavy atom. The molecule has 0 spiro atoms. The number of sulfonamides is 1. The van der Waals surface area contributed by atoms with E-state index in [9.17, 15) is 18.0 Å². The molecule has 0 aliphatic heterocycles. The van der Waals surface area contributed by atoms with Gasteiger partial charge in [-0.25, -0.2) is 8.42 Å². The minimum Gasteiger partial charge on any atom is -0.352 e. The van der Waals surface area contributed by atoms with Crippen molar-refractivity contribution < 1.29 is 18.0 Å². The van der Waals surface area contributed by atoms with Crippen molar-refractivity contribution in [3.05, 3.63) is 63.1 Å². The highest BCUT2D eigenvalue weighted by Gasteiger charge is 2.33. The summed E-state index contributed by atoms with van der Waals surface area (Å²) in [5.74, 6) is -0.839. The van der Waals surface area contributed by atoms with Crippen molar-refractivity contribution in [2.45, 2.75) is 59.7 Å². The number of amides is 2. The Kier molecular flexibility index (Phi) is 10.0. The SMILES string of the molecule is CCC(C(=O)NC(C)C)N(Cc1ccc(Cl)cc1Cl)C(=O)CN(c1c(C)cccc1C)S(C)(=O)=O. The fraction of sp³-hybridized carbons (Fsp3) is 0.440. The molecule has 0 aliphatic carbocycles. The molecule has 2 aromatic rings. The molecule has 1 N–H and O–H groups in total. The van der Waals surface area contributed by atoms with Gasteiger partial charge in [0.1, 0.15) is 12.6 Å². The van der Waals surface area contributed by atoms with E-state index in [-0.39, 0.29) is 18.5 Å². The van der Waals surface area contributed by atoms with Crippen LogP contribution in [0.1, 0.15) is 43.9 Å². The van der Waals surface area contributed by atoms with Crippen LogP contribution in [0, 0.1) is 13.8 Å². The molecule has 0 heterocycles. The summed E-state index contributed by atoms with van der Waals surface area (Å²) in [6.07, 6.45) is 1.40. The van der Waals surface area contributed by atoms with Crippen LogP contribution in [0.5, 0.6) is 0 Å². The highest BCUT2D eigenvalue weighted by molar-refractivity contribution is 7.92. The molecule has 0 saturated carbocycles. The first kappa shape index (κ1) is 28.9. The third kappa shape index (κ3) is 7.59. The van der Waals surface area contributed by atoms with Crippen molar-refractivity contribution in [3.8, 4) is 0 Å². The van der Waals surface area contributed by atoms with Gasteiger partial charge < -0.3 is 10.2 Å². The number of rotatable bonds is 10. The van der Waals surface area contributed by atoms with E-state index in [1.165, 1.54) is 4.90 Å². The Hall–Kier alpha value is -2.29. The number of carbonyl (C=O) groups excluding carboxylic acids is 2. The van der Waals surface area contributed by atoms with Crippen molar-refractivity contribution >= 4 is 50.7 Å². The summed E-state index contributed by atoms with van der Waals surface area (Å²) in [6.45, 7) is 8.61. The number of aryl methyl sites for hydroxylation is 2. The van der Waals surface area contributed by atoms with E-state index < -0.39 is 28.5 Å². The normalized spacial score (nSPS) is 12.4. The number of benzene rings is 2. The van der Waals surface area contributed by atoms with Crippen LogP contribution >= 0.6 is 23.2 Å². The number of carbonyl (C=O) groups is 2. The molecular formula is C25H33Cl2N3O4S. The maximum atomic E-state index is 13.7. The summed E-state index contributed by atoms with van der Waals surface area (Å²) < 4.78 is 26.7. The van der Waals surface area contributed by atoms with E-state index in [0.29, 0.717) is 27.7 Å². The molecule has 10 heteroatoms. The molecule has 1 atom stereocenters. The lowest BCUT2D eigenvalue weighted by Crippen LogP contribution is -2.53. The average molecular weight is 543 g/mol. The molecule has 192 valence electrons. The molecule has 0 saturated heterocycles. The third-order valence-corrected chi connectivity index (χ3v) is 7.24. The van der Waals surface area contributed by atoms with E-state index in [1.54, 1.807) is 51.1 Å². The zero-order chi connectivity index (χ0) is 26.5. The second kappa shape index (κ2) is 12.1. The number of nitrogens with zero attached hydrogens (tertiary/aromatic N) is 2. The number of nitrogens with one attached hydrogen (secondary N) is 1. The molecule has 7 nitrogen and oxygen atoms in total. The minimum atomic E-state index is -3.81. The molecule has 2 aromatic carbocycles. The number of halogens is 2. The molecule has 2 rings (SSSR count). The molecule has 0 radical (unpaired) electrons. The lowest BCUT2D eigenvalue weighted by atomic mass is 10.1. The first-order valence-corrected chi connectivity index (χ1v) is 13.9. The van der Waals surface area contributed by atoms with Gasteiger partial charge in [0.05, 0.1) is 11.9 Å². The Labute approximate surface area is 218 Å². The van der Waals surface area contributed by atoms with E-state index >= 15 is 0 Å². The smallest absolute Gasteiger partial charge is 0.244 e. The summed E-state index contributed by atoms with van der Waals surface area (Å²) in [7, 11) is -3.81. The van der Waals surface area contributed by atoms with Crippen LogP contribution in [0.4, 0.5) is 5.69 Å². The third-order valence-electron chi connectivity index (χ3n) is 5.54. The predicted molar refractivity (Wildman–Crippen MR) is 142 cm³/mol. The summed E-state index contributed by atoms with van der Waals surface area (Å²) in [5, 5.41) is 3.65. The first-order valence-electron chi connectivity index (χ1n) is 11.3. The number of hydrogen-bond donors (Lipinski definition) is 1. The van der Waals surface area contributed by atoms with Gasteiger partial charge in [-0.05, 0) is 62.9 Å². The van der Waals surface area contributed by atoms with Crippen molar-refractivity contribution in [1.29, 1.82) is 0 Å². The molecule has 1 unspecified atom stereocenters. The Bertz CT molecular complexity index is 1160. The fourth-order valence-electron chi connectivity index (χ4n) is 3.91. The molecule has 35 heavy (non-hydrogen) atoms. The number of para-hydroxylation sites is 1. The van der Waals surface area contributed by atoms with E-state index in [0.717, 1.165) is 21.7 Å². The lowest BCUT2D eigenvalue weighted by Gasteiger charge is -2.34. The van der Waals surface area contributed by atoms with Crippen LogP contribution in [0.25, 0.3) is 0 Å². The van der Waals surface area contributed by atoms with Gasteiger partial charge in [-0.15, -0.1) is 0 Å². The highest BCUT2D eigenvalue weighted by atomic mass is 35.5. The van der Waals surface area contributed by atoms with Crippen molar-refractivity contribution in [2.24, 2.45) is 0 Å². The minimum absolute atomic E-state index is 0.0171. The first-order chi connectivity index (χ1) is 16.3. The molecule has 0 fully saturated rings. The monoisotopic (exact) mass is 541 g/mol. The van der Waals surface area contributed by atoms with Gasteiger partial charge in [0.25, 0.3) is 0 Å². The van der Waals surface area contributed by atoms with Gasteiger partial charge in [-0.3, -0.25) is 13.9 Å². The standard InChI is InChI=1S/C25H33Cl2N3O4S/c1-7-22(25(32)28-16(2)3)29(14-19-11-12-20(26)13-21(19)27)23(31)15-30(35(6,33)34)24-17(4)9-8-10-18(24)5/h8-13,16,22H,7,14-15H2,1-6H3,(H,28,32). The van der Waals surface area contributed by atoms with E-state index in [2.05, 4.69) is 5.32 Å². The highest BCUT2D eigenvalue weighted by Crippen LogP contribution is 2.28. The van der Waals surface area contributed by atoms with Crippen LogP contribution < -0.4 is 9.62 Å². The van der Waals surface area contributed by atoms with Gasteiger partial charge in [0.2, 0.25) is 21.8 Å². The van der Waals surface area contributed by atoms with Gasteiger partial charge in [-0.1, -0.05) is 54.4 Å². The second-order valence-electron chi connectivity index (χ2n) is 8.85. The molecule has 2 amide bonds. The number of anilines is 1. The summed E-state index contributed by atoms with van der Waals surface area (Å²) in [6, 6.07) is 9.37. The van der Waals surface area contributed by atoms with Gasteiger partial charge in [0.15, 0.2) is 0 Å². The van der Waals surface area contributed by atoms with E-state index in [4.69, 9.17) is 23.2 Å². The van der Waals surface area contributed by atoms with E-state index in [1.807, 2.05) is 19.9 Å². The summed E-state index contributed by atoms with van der Waals surface area (Å²) in [5.41, 5.74) is 2.49. The lowest BCUT2D eigenvalue weighted by molar-refractivity contribution is -0.140. The molecule has 0 aromatic heterocycles. The topological polar surface area (TPSA) is 86.8 Å². The second-order valence-corrected chi connectivity index (χ2v) is 11.6. The Morgan fingerprint density at radius 2 is 1.66 bits per heavy atom. The average Bonchev–Trinajstić information content (AvgIpc) is 2.72. The van der Waals surface area contributed by atoms with Crippen LogP contribution in [-0.4, -0.2) is 50.0 Å². The quantitative estimate of drug-likeness (QED) is 0.471. The Morgan fingerprint density at radius 3 is 2.14 bits per heavy atom. The van der Waals surface area contributed by atoms with Gasteiger partial charge in [-0.2, -0.15) is 0 Å². The molecular weight excluding hydrogens is 509 g/mol. The predicted octanol–water partition coefficient (Wildman–Crippen LogP) is 4.71. The zero-order valence-corrected chi connectivity index (χ0v) is 23.3. The maximum absolute atomic E-state index is 13.7. The van der Waals surface area contributed by atoms with Crippen LogP contribution in [0.3, 0.4) is 0 Å². The Balaban J connectivity index is 2.54. The van der Waals surface area contributed by atoms with Crippen LogP contribution in [0.15, 0.2) is 36.4 Å². The summed E-state index contributed by atoms with van der Waals surface area (Å²) in [4.78, 5) is 28.2. The zero-order valence-electron chi connectivity index (χ0n) is 20.9. The van der Waals surface area contributed by atoms with Gasteiger partial charge in [0, 0.05) is 22.6 Å². The van der Waals surface area contributed by atoms with Crippen molar-refractivity contribution in [1.82, 2.24) is 10.2 Å². The number of hydrogen-bond acceptors (Lipinski definition) is 4. The maximum Gasteiger partial charge on any atom is 0.244 e. The molecule has 0 bridgehead atoms. The van der Waals surface area contributed by atoms with Crippen molar-refractivity contribution in [2.75, 3.05) is 17.1 Å². The summed E-state index contributed by atoms with van der Waals surface area (Å²) >= 11 is 12.4. The fourth-order valence-corrected chi connectivity index (χ4v) is 5.34.